The van der Waals surface area contributed by atoms with Crippen molar-refractivity contribution >= 4 is 7.85 Å². The molecule has 1 heterocycles. The van der Waals surface area contributed by atoms with Crippen molar-refractivity contribution in [3.05, 3.63) is 0 Å². The van der Waals surface area contributed by atoms with Crippen molar-refractivity contribution in [2.24, 2.45) is 0 Å². The van der Waals surface area contributed by atoms with Gasteiger partial charge in [0, 0.05) is 32.7 Å². The molecule has 0 bridgehead atoms. The van der Waals surface area contributed by atoms with Crippen LogP contribution in [-0.4, -0.2) is 46.5 Å². The highest BCUT2D eigenvalue weighted by atomic mass is 15.0. The fourth-order valence-corrected chi connectivity index (χ4v) is 1.10. The summed E-state index contributed by atoms with van der Waals surface area (Å²) in [6, 6.07) is 0. The van der Waals surface area contributed by atoms with E-state index in [4.69, 9.17) is 0 Å². The first-order valence-electron chi connectivity index (χ1n) is 4.04. The molecule has 1 atom stereocenters. The lowest BCUT2D eigenvalue weighted by Gasteiger charge is -2.11. The second-order valence-corrected chi connectivity index (χ2v) is 2.81. The molecule has 1 aliphatic heterocycles. The lowest BCUT2D eigenvalue weighted by Crippen LogP contribution is -2.39. The van der Waals surface area contributed by atoms with Crippen molar-refractivity contribution in [2.45, 2.75) is 5.94 Å². The maximum Gasteiger partial charge on any atom is 0.125 e. The summed E-state index contributed by atoms with van der Waals surface area (Å²) in [5, 5.41) is 10.1. The van der Waals surface area contributed by atoms with E-state index in [0.717, 1.165) is 32.7 Å². The van der Waals surface area contributed by atoms with Gasteiger partial charge in [-0.1, -0.05) is 0 Å². The smallest absolute Gasteiger partial charge is 0.125 e. The average molecular weight is 141 g/mol. The Morgan fingerprint density at radius 3 is 2.60 bits per heavy atom. The van der Waals surface area contributed by atoms with Crippen molar-refractivity contribution in [1.29, 1.82) is 0 Å². The monoisotopic (exact) mass is 141 g/mol. The molecule has 0 aromatic rings. The summed E-state index contributed by atoms with van der Waals surface area (Å²) in [6.45, 7) is 5.44. The Hall–Kier alpha value is -0.0551. The number of nitrogens with one attached hydrogen (secondary N) is 3. The number of hydrogen-bond donors (Lipinski definition) is 3. The fraction of sp³-hybridized carbons (Fsp3) is 1.00. The van der Waals surface area contributed by atoms with Crippen molar-refractivity contribution in [2.75, 3.05) is 32.7 Å². The summed E-state index contributed by atoms with van der Waals surface area (Å²) in [4.78, 5) is 0. The van der Waals surface area contributed by atoms with E-state index >= 15 is 0 Å². The molecule has 1 aliphatic rings. The number of rotatable bonds is 0. The van der Waals surface area contributed by atoms with Crippen LogP contribution in [0.3, 0.4) is 0 Å². The molecule has 0 aliphatic carbocycles. The maximum atomic E-state index is 3.40. The van der Waals surface area contributed by atoms with Crippen LogP contribution in [0.4, 0.5) is 0 Å². The highest BCUT2D eigenvalue weighted by Crippen LogP contribution is 1.74. The summed E-state index contributed by atoms with van der Waals surface area (Å²) >= 11 is 0. The van der Waals surface area contributed by atoms with Gasteiger partial charge in [0.1, 0.15) is 7.85 Å². The van der Waals surface area contributed by atoms with E-state index < -0.39 is 0 Å². The van der Waals surface area contributed by atoms with E-state index in [9.17, 15) is 0 Å². The largest absolute Gasteiger partial charge is 0.319 e. The average Bonchev–Trinajstić information content (AvgIpc) is 2.02. The van der Waals surface area contributed by atoms with Crippen molar-refractivity contribution in [3.8, 4) is 0 Å². The van der Waals surface area contributed by atoms with Gasteiger partial charge in [-0.3, -0.25) is 0 Å². The Kier molecular flexibility index (Phi) is 3.79. The van der Waals surface area contributed by atoms with E-state index in [2.05, 4.69) is 23.8 Å². The Bertz CT molecular complexity index is 79.1. The van der Waals surface area contributed by atoms with E-state index in [1.165, 1.54) is 0 Å². The third kappa shape index (κ3) is 3.20. The number of hydrogen-bond acceptors (Lipinski definition) is 3. The normalized spacial score (nSPS) is 30.2. The third-order valence-corrected chi connectivity index (χ3v) is 1.72. The van der Waals surface area contributed by atoms with Crippen LogP contribution < -0.4 is 16.0 Å². The Balaban J connectivity index is 2.15. The zero-order chi connectivity index (χ0) is 7.23. The van der Waals surface area contributed by atoms with Crippen LogP contribution in [0.1, 0.15) is 0 Å². The highest BCUT2D eigenvalue weighted by Gasteiger charge is 2.01. The van der Waals surface area contributed by atoms with Crippen LogP contribution in [-0.2, 0) is 0 Å². The molecule has 1 fully saturated rings. The standard InChI is InChI=1S/C6H16BN3/c7-6-5-9-2-1-8-3-4-10-6/h6,8-10H,1-5,7H2. The van der Waals surface area contributed by atoms with Gasteiger partial charge in [-0.2, -0.15) is 0 Å². The fourth-order valence-electron chi connectivity index (χ4n) is 1.10. The van der Waals surface area contributed by atoms with E-state index in [1.807, 2.05) is 0 Å². The third-order valence-electron chi connectivity index (χ3n) is 1.72. The zero-order valence-corrected chi connectivity index (χ0v) is 6.61. The summed E-state index contributed by atoms with van der Waals surface area (Å²) in [5.41, 5.74) is 0. The summed E-state index contributed by atoms with van der Waals surface area (Å²) in [7, 11) is 2.21. The van der Waals surface area contributed by atoms with E-state index in [0.29, 0.717) is 5.94 Å². The molecule has 58 valence electrons. The molecule has 3 N–H and O–H groups in total. The molecule has 0 aromatic carbocycles. The molecule has 0 amide bonds. The first-order valence-corrected chi connectivity index (χ1v) is 4.04. The van der Waals surface area contributed by atoms with Crippen molar-refractivity contribution in [3.63, 3.8) is 0 Å². The molecule has 3 nitrogen and oxygen atoms in total. The first kappa shape index (κ1) is 8.05. The van der Waals surface area contributed by atoms with Gasteiger partial charge in [-0.15, -0.1) is 0 Å². The van der Waals surface area contributed by atoms with Gasteiger partial charge in [-0.05, 0) is 5.94 Å². The molecule has 1 rings (SSSR count). The van der Waals surface area contributed by atoms with Gasteiger partial charge in [0.15, 0.2) is 0 Å². The molecular formula is C6H16BN3. The van der Waals surface area contributed by atoms with Gasteiger partial charge in [-0.25, -0.2) is 0 Å². The maximum absolute atomic E-state index is 3.40. The first-order chi connectivity index (χ1) is 4.89. The SMILES string of the molecule is BC1CNCCNCCN1. The quantitative estimate of drug-likeness (QED) is 0.333. The van der Waals surface area contributed by atoms with Crippen LogP contribution in [0.25, 0.3) is 0 Å². The minimum atomic E-state index is 0.611. The predicted molar refractivity (Wildman–Crippen MR) is 46.1 cm³/mol. The lowest BCUT2D eigenvalue weighted by atomic mass is 9.97. The summed E-state index contributed by atoms with van der Waals surface area (Å²) in [6.07, 6.45) is 0. The molecule has 0 saturated carbocycles. The van der Waals surface area contributed by atoms with E-state index in [1.54, 1.807) is 0 Å². The van der Waals surface area contributed by atoms with Crippen LogP contribution >= 0.6 is 0 Å². The molecule has 4 heteroatoms. The minimum Gasteiger partial charge on any atom is -0.319 e. The predicted octanol–water partition coefficient (Wildman–Crippen LogP) is -2.27. The molecule has 1 saturated heterocycles. The van der Waals surface area contributed by atoms with Crippen LogP contribution in [0.15, 0.2) is 0 Å². The van der Waals surface area contributed by atoms with Crippen LogP contribution in [0.2, 0.25) is 0 Å². The second kappa shape index (κ2) is 4.71. The van der Waals surface area contributed by atoms with Crippen molar-refractivity contribution < 1.29 is 0 Å². The van der Waals surface area contributed by atoms with Gasteiger partial charge in [0.05, 0.1) is 0 Å². The van der Waals surface area contributed by atoms with Crippen LogP contribution in [0, 0.1) is 0 Å². The van der Waals surface area contributed by atoms with Gasteiger partial charge in [0.25, 0.3) is 0 Å². The molecule has 10 heavy (non-hydrogen) atoms. The van der Waals surface area contributed by atoms with Crippen molar-refractivity contribution in [1.82, 2.24) is 16.0 Å². The minimum absolute atomic E-state index is 0.611. The van der Waals surface area contributed by atoms with Gasteiger partial charge >= 0.3 is 0 Å². The molecule has 0 spiro atoms. The molecule has 0 radical (unpaired) electrons. The highest BCUT2D eigenvalue weighted by molar-refractivity contribution is 6.11. The Labute approximate surface area is 63.4 Å². The summed E-state index contributed by atoms with van der Waals surface area (Å²) in [5.74, 6) is 0.611. The second-order valence-electron chi connectivity index (χ2n) is 2.81. The molecule has 1 unspecified atom stereocenters. The Morgan fingerprint density at radius 1 is 1.00 bits per heavy atom. The zero-order valence-electron chi connectivity index (χ0n) is 6.61. The van der Waals surface area contributed by atoms with Crippen LogP contribution in [0.5, 0.6) is 0 Å². The Morgan fingerprint density at radius 2 is 1.70 bits per heavy atom. The lowest BCUT2D eigenvalue weighted by molar-refractivity contribution is 0.607. The molecule has 0 aromatic heterocycles. The van der Waals surface area contributed by atoms with Gasteiger partial charge < -0.3 is 16.0 Å². The van der Waals surface area contributed by atoms with Gasteiger partial charge in [0.2, 0.25) is 0 Å². The molecular weight excluding hydrogens is 125 g/mol. The van der Waals surface area contributed by atoms with E-state index in [-0.39, 0.29) is 0 Å². The summed E-state index contributed by atoms with van der Waals surface area (Å²) < 4.78 is 0. The topological polar surface area (TPSA) is 36.1 Å².